The molecule has 0 aromatic heterocycles. The van der Waals surface area contributed by atoms with Crippen molar-refractivity contribution < 1.29 is 11.2 Å². The molecule has 4 heteroatoms. The maximum absolute atomic E-state index is 11.7. The van der Waals surface area contributed by atoms with Gasteiger partial charge in [-0.15, -0.1) is 0 Å². The van der Waals surface area contributed by atoms with E-state index in [1.807, 2.05) is 20.8 Å². The summed E-state index contributed by atoms with van der Waals surface area (Å²) in [5.74, 6) is 0. The summed E-state index contributed by atoms with van der Waals surface area (Å²) in [6, 6.07) is 0. The summed E-state index contributed by atoms with van der Waals surface area (Å²) < 4.78 is 22.2. The van der Waals surface area contributed by atoms with Gasteiger partial charge in [-0.2, -0.15) is 0 Å². The average molecular weight is 238 g/mol. The molecule has 0 rings (SSSR count). The fourth-order valence-electron chi connectivity index (χ4n) is 0.681. The van der Waals surface area contributed by atoms with Crippen LogP contribution in [0.4, 0.5) is 0 Å². The van der Waals surface area contributed by atoms with E-state index < -0.39 is 14.2 Å². The Labute approximate surface area is 77.8 Å². The minimum atomic E-state index is -3.35. The first-order valence-electron chi connectivity index (χ1n) is 4.56. The molecule has 0 N–H and O–H groups in total. The number of hydrogen-bond donors (Lipinski definition) is 0. The zero-order valence-corrected chi connectivity index (χ0v) is 10.1. The molecule has 0 amide bonds. The van der Waals surface area contributed by atoms with Crippen LogP contribution >= 0.6 is 0 Å². The van der Waals surface area contributed by atoms with Crippen LogP contribution in [0, 0.1) is 0 Å². The first kappa shape index (κ1) is 12.3. The van der Waals surface area contributed by atoms with Crippen molar-refractivity contribution in [1.29, 1.82) is 0 Å². The van der Waals surface area contributed by atoms with Crippen LogP contribution in [0.15, 0.2) is 0 Å². The SMILES string of the molecule is CCCO[As](=O)(CC)OCCC. The fraction of sp³-hybridized carbons (Fsp3) is 1.00. The quantitative estimate of drug-likeness (QED) is 0.638. The van der Waals surface area contributed by atoms with Crippen molar-refractivity contribution in [2.45, 2.75) is 38.8 Å². The molecule has 0 aliphatic carbocycles. The van der Waals surface area contributed by atoms with E-state index in [1.165, 1.54) is 0 Å². The third kappa shape index (κ3) is 5.02. The molecule has 0 unspecified atom stereocenters. The van der Waals surface area contributed by atoms with Gasteiger partial charge in [0.2, 0.25) is 0 Å². The molecule has 12 heavy (non-hydrogen) atoms. The molecule has 0 heterocycles. The van der Waals surface area contributed by atoms with Crippen molar-refractivity contribution in [1.82, 2.24) is 0 Å². The molecule has 0 saturated heterocycles. The van der Waals surface area contributed by atoms with E-state index in [0.29, 0.717) is 18.4 Å². The maximum atomic E-state index is 11.7. The Balaban J connectivity index is 3.79. The second kappa shape index (κ2) is 6.76. The molecule has 74 valence electrons. The summed E-state index contributed by atoms with van der Waals surface area (Å²) in [5.41, 5.74) is 0. The summed E-state index contributed by atoms with van der Waals surface area (Å²) in [6.07, 6.45) is 1.78. The third-order valence-electron chi connectivity index (χ3n) is 1.37. The first-order chi connectivity index (χ1) is 5.68. The van der Waals surface area contributed by atoms with E-state index in [0.717, 1.165) is 12.8 Å². The summed E-state index contributed by atoms with van der Waals surface area (Å²) >= 11 is -3.35. The van der Waals surface area contributed by atoms with E-state index in [-0.39, 0.29) is 0 Å². The predicted octanol–water partition coefficient (Wildman–Crippen LogP) is 2.23. The van der Waals surface area contributed by atoms with E-state index in [4.69, 9.17) is 7.45 Å². The normalized spacial score (nSPS) is 11.9. The molecule has 0 atom stereocenters. The summed E-state index contributed by atoms with van der Waals surface area (Å²) in [4.78, 5) is 0. The van der Waals surface area contributed by atoms with Crippen molar-refractivity contribution in [2.75, 3.05) is 13.2 Å². The Bertz CT molecular complexity index is 135. The van der Waals surface area contributed by atoms with Crippen molar-refractivity contribution in [3.8, 4) is 0 Å². The first-order valence-corrected chi connectivity index (χ1v) is 8.19. The van der Waals surface area contributed by atoms with Crippen LogP contribution in [0.5, 0.6) is 0 Å². The van der Waals surface area contributed by atoms with Gasteiger partial charge in [-0.25, -0.2) is 0 Å². The molecule has 0 aliphatic rings. The molecule has 0 radical (unpaired) electrons. The zero-order chi connectivity index (χ0) is 9.45. The Morgan fingerprint density at radius 2 is 1.42 bits per heavy atom. The van der Waals surface area contributed by atoms with Crippen LogP contribution in [0.3, 0.4) is 0 Å². The van der Waals surface area contributed by atoms with Crippen molar-refractivity contribution in [3.05, 3.63) is 0 Å². The molecule has 0 fully saturated rings. The molecular weight excluding hydrogens is 219 g/mol. The Morgan fingerprint density at radius 3 is 1.67 bits per heavy atom. The summed E-state index contributed by atoms with van der Waals surface area (Å²) in [5, 5.41) is 0.526. The third-order valence-corrected chi connectivity index (χ3v) is 5.41. The van der Waals surface area contributed by atoms with E-state index in [2.05, 4.69) is 0 Å². The Kier molecular flexibility index (Phi) is 6.91. The van der Waals surface area contributed by atoms with Crippen LogP contribution in [0.1, 0.15) is 33.6 Å². The Hall–Kier alpha value is 0.278. The second-order valence-electron chi connectivity index (χ2n) is 2.59. The van der Waals surface area contributed by atoms with Crippen molar-refractivity contribution in [2.24, 2.45) is 0 Å². The van der Waals surface area contributed by atoms with Crippen LogP contribution in [-0.2, 0) is 11.2 Å². The van der Waals surface area contributed by atoms with Gasteiger partial charge >= 0.3 is 77.4 Å². The minimum absolute atomic E-state index is 0.526. The summed E-state index contributed by atoms with van der Waals surface area (Å²) in [7, 11) is 0. The van der Waals surface area contributed by atoms with Gasteiger partial charge < -0.3 is 0 Å². The van der Waals surface area contributed by atoms with Gasteiger partial charge in [-0.3, -0.25) is 0 Å². The van der Waals surface area contributed by atoms with Gasteiger partial charge in [0, 0.05) is 0 Å². The van der Waals surface area contributed by atoms with Gasteiger partial charge in [0.15, 0.2) is 0 Å². The van der Waals surface area contributed by atoms with Crippen LogP contribution in [0.25, 0.3) is 0 Å². The van der Waals surface area contributed by atoms with Crippen molar-refractivity contribution >= 4 is 14.2 Å². The van der Waals surface area contributed by atoms with Crippen LogP contribution < -0.4 is 0 Å². The Morgan fingerprint density at radius 1 is 1.00 bits per heavy atom. The average Bonchev–Trinajstić information content (AvgIpc) is 2.11. The number of rotatable bonds is 7. The molecule has 0 aromatic rings. The summed E-state index contributed by atoms with van der Waals surface area (Å²) in [6.45, 7) is 6.94. The molecule has 0 aromatic carbocycles. The van der Waals surface area contributed by atoms with E-state index >= 15 is 0 Å². The number of hydrogen-bond acceptors (Lipinski definition) is 3. The fourth-order valence-corrected chi connectivity index (χ4v) is 3.54. The van der Waals surface area contributed by atoms with Gasteiger partial charge in [0.05, 0.1) is 0 Å². The van der Waals surface area contributed by atoms with Gasteiger partial charge in [-0.05, 0) is 0 Å². The van der Waals surface area contributed by atoms with Gasteiger partial charge in [-0.1, -0.05) is 0 Å². The van der Waals surface area contributed by atoms with Gasteiger partial charge in [0.25, 0.3) is 0 Å². The molecular formula is C8H19AsO3. The molecule has 0 aliphatic heterocycles. The zero-order valence-electron chi connectivity index (χ0n) is 8.21. The van der Waals surface area contributed by atoms with E-state index in [1.54, 1.807) is 0 Å². The molecule has 0 spiro atoms. The second-order valence-corrected chi connectivity index (χ2v) is 7.57. The topological polar surface area (TPSA) is 35.5 Å². The standard InChI is InChI=1S/C8H19AsO3/c1-4-7-11-9(10,6-3)12-8-5-2/h4-8H2,1-3H3. The molecule has 0 bridgehead atoms. The predicted molar refractivity (Wildman–Crippen MR) is 49.4 cm³/mol. The van der Waals surface area contributed by atoms with Crippen LogP contribution in [-0.4, -0.2) is 27.4 Å². The molecule has 0 saturated carbocycles. The van der Waals surface area contributed by atoms with E-state index in [9.17, 15) is 3.74 Å². The van der Waals surface area contributed by atoms with Gasteiger partial charge in [0.1, 0.15) is 0 Å². The van der Waals surface area contributed by atoms with Crippen molar-refractivity contribution in [3.63, 3.8) is 0 Å². The monoisotopic (exact) mass is 238 g/mol. The molecule has 3 nitrogen and oxygen atoms in total. The van der Waals surface area contributed by atoms with Crippen LogP contribution in [0.2, 0.25) is 5.21 Å².